The molecular formula is C14H17BrN2S. The first-order chi connectivity index (χ1) is 8.56. The van der Waals surface area contributed by atoms with E-state index in [2.05, 4.69) is 69.7 Å². The number of halogens is 1. The molecule has 1 heterocycles. The minimum absolute atomic E-state index is 0.272. The van der Waals surface area contributed by atoms with Crippen molar-refractivity contribution in [1.29, 1.82) is 0 Å². The van der Waals surface area contributed by atoms with Gasteiger partial charge in [-0.05, 0) is 38.5 Å². The van der Waals surface area contributed by atoms with Crippen LogP contribution in [0.15, 0.2) is 34.1 Å². The third kappa shape index (κ3) is 3.40. The van der Waals surface area contributed by atoms with E-state index in [-0.39, 0.29) is 6.04 Å². The fourth-order valence-corrected chi connectivity index (χ4v) is 2.86. The van der Waals surface area contributed by atoms with Gasteiger partial charge in [-0.25, -0.2) is 4.98 Å². The van der Waals surface area contributed by atoms with E-state index in [9.17, 15) is 0 Å². The maximum atomic E-state index is 4.52. The van der Waals surface area contributed by atoms with E-state index in [1.165, 1.54) is 5.56 Å². The zero-order valence-corrected chi connectivity index (χ0v) is 13.2. The summed E-state index contributed by atoms with van der Waals surface area (Å²) in [6.07, 6.45) is 0. The zero-order valence-electron chi connectivity index (χ0n) is 10.8. The van der Waals surface area contributed by atoms with Crippen LogP contribution < -0.4 is 5.32 Å². The normalized spacial score (nSPS) is 14.4. The van der Waals surface area contributed by atoms with Crippen LogP contribution in [0, 0.1) is 6.92 Å². The molecule has 0 aliphatic carbocycles. The van der Waals surface area contributed by atoms with E-state index in [0.29, 0.717) is 6.04 Å². The predicted octanol–water partition coefficient (Wildman–Crippen LogP) is 4.63. The first-order valence-corrected chi connectivity index (χ1v) is 7.67. The summed E-state index contributed by atoms with van der Waals surface area (Å²) in [5, 5.41) is 6.82. The van der Waals surface area contributed by atoms with E-state index < -0.39 is 0 Å². The van der Waals surface area contributed by atoms with Gasteiger partial charge in [-0.15, -0.1) is 11.3 Å². The summed E-state index contributed by atoms with van der Waals surface area (Å²) in [5.41, 5.74) is 2.42. The van der Waals surface area contributed by atoms with E-state index in [4.69, 9.17) is 0 Å². The van der Waals surface area contributed by atoms with E-state index in [1.54, 1.807) is 11.3 Å². The van der Waals surface area contributed by atoms with Crippen LogP contribution in [0.2, 0.25) is 0 Å². The highest BCUT2D eigenvalue weighted by atomic mass is 79.9. The molecule has 1 aromatic carbocycles. The molecule has 2 nitrogen and oxygen atoms in total. The van der Waals surface area contributed by atoms with Crippen molar-refractivity contribution >= 4 is 27.3 Å². The lowest BCUT2D eigenvalue weighted by Gasteiger charge is -2.19. The average molecular weight is 325 g/mol. The van der Waals surface area contributed by atoms with E-state index in [0.717, 1.165) is 15.2 Å². The molecule has 2 aromatic rings. The van der Waals surface area contributed by atoms with Crippen LogP contribution in [0.4, 0.5) is 0 Å². The Kier molecular flexibility index (Phi) is 4.54. The van der Waals surface area contributed by atoms with Crippen molar-refractivity contribution in [3.63, 3.8) is 0 Å². The summed E-state index contributed by atoms with van der Waals surface area (Å²) < 4.78 is 1.11. The molecule has 1 N–H and O–H groups in total. The number of nitrogens with zero attached hydrogens (tertiary/aromatic N) is 1. The number of aromatic nitrogens is 1. The Bertz CT molecular complexity index is 507. The van der Waals surface area contributed by atoms with Crippen molar-refractivity contribution in [2.75, 3.05) is 0 Å². The minimum atomic E-state index is 0.272. The quantitative estimate of drug-likeness (QED) is 0.887. The Balaban J connectivity index is 2.02. The van der Waals surface area contributed by atoms with Crippen LogP contribution in [0.1, 0.15) is 42.2 Å². The summed E-state index contributed by atoms with van der Waals surface area (Å²) in [5.74, 6) is 0. The Morgan fingerprint density at radius 2 is 1.83 bits per heavy atom. The summed E-state index contributed by atoms with van der Waals surface area (Å²) in [4.78, 5) is 4.52. The van der Waals surface area contributed by atoms with Crippen molar-refractivity contribution in [3.8, 4) is 0 Å². The molecule has 4 heteroatoms. The molecule has 0 aliphatic rings. The molecule has 0 fully saturated rings. The SMILES string of the molecule is Cc1nc(C(C)N[C@H](C)c2ccc(Br)cc2)cs1. The highest BCUT2D eigenvalue weighted by Gasteiger charge is 2.13. The van der Waals surface area contributed by atoms with Gasteiger partial charge in [0.1, 0.15) is 0 Å². The molecule has 0 saturated carbocycles. The summed E-state index contributed by atoms with van der Waals surface area (Å²) >= 11 is 5.16. The number of hydrogen-bond donors (Lipinski definition) is 1. The zero-order chi connectivity index (χ0) is 13.1. The maximum Gasteiger partial charge on any atom is 0.0898 e. The van der Waals surface area contributed by atoms with Crippen molar-refractivity contribution in [2.24, 2.45) is 0 Å². The van der Waals surface area contributed by atoms with Crippen molar-refractivity contribution in [2.45, 2.75) is 32.9 Å². The third-order valence-electron chi connectivity index (χ3n) is 2.95. The fraction of sp³-hybridized carbons (Fsp3) is 0.357. The molecule has 0 bridgehead atoms. The van der Waals surface area contributed by atoms with Crippen LogP contribution in [0.25, 0.3) is 0 Å². The number of rotatable bonds is 4. The number of aryl methyl sites for hydroxylation is 1. The number of thiazole rings is 1. The second-order valence-electron chi connectivity index (χ2n) is 4.45. The van der Waals surface area contributed by atoms with Gasteiger partial charge < -0.3 is 5.32 Å². The lowest BCUT2D eigenvalue weighted by Crippen LogP contribution is -2.22. The molecule has 1 unspecified atom stereocenters. The third-order valence-corrected chi connectivity index (χ3v) is 4.27. The lowest BCUT2D eigenvalue weighted by atomic mass is 10.1. The summed E-state index contributed by atoms with van der Waals surface area (Å²) in [6.45, 7) is 6.38. The van der Waals surface area contributed by atoms with E-state index in [1.807, 2.05) is 6.92 Å². The van der Waals surface area contributed by atoms with Crippen LogP contribution in [-0.2, 0) is 0 Å². The highest BCUT2D eigenvalue weighted by molar-refractivity contribution is 9.10. The fourth-order valence-electron chi connectivity index (χ4n) is 1.89. The van der Waals surface area contributed by atoms with Crippen molar-refractivity contribution in [3.05, 3.63) is 50.4 Å². The summed E-state index contributed by atoms with van der Waals surface area (Å²) in [6, 6.07) is 9.02. The Hall–Kier alpha value is -0.710. The molecule has 0 radical (unpaired) electrons. The largest absolute Gasteiger partial charge is 0.302 e. The molecule has 0 amide bonds. The molecule has 2 atom stereocenters. The molecule has 0 saturated heterocycles. The molecule has 96 valence electrons. The van der Waals surface area contributed by atoms with Crippen LogP contribution in [0.5, 0.6) is 0 Å². The highest BCUT2D eigenvalue weighted by Crippen LogP contribution is 2.21. The van der Waals surface area contributed by atoms with Crippen LogP contribution in [0.3, 0.4) is 0 Å². The van der Waals surface area contributed by atoms with Gasteiger partial charge in [0, 0.05) is 21.9 Å². The molecular weight excluding hydrogens is 308 g/mol. The first-order valence-electron chi connectivity index (χ1n) is 6.00. The van der Waals surface area contributed by atoms with Gasteiger partial charge in [-0.1, -0.05) is 28.1 Å². The monoisotopic (exact) mass is 324 g/mol. The van der Waals surface area contributed by atoms with Crippen LogP contribution >= 0.6 is 27.3 Å². The topological polar surface area (TPSA) is 24.9 Å². The average Bonchev–Trinajstić information content (AvgIpc) is 2.76. The molecule has 0 aliphatic heterocycles. The first kappa shape index (κ1) is 13.7. The Morgan fingerprint density at radius 1 is 1.17 bits per heavy atom. The van der Waals surface area contributed by atoms with Gasteiger partial charge >= 0.3 is 0 Å². The predicted molar refractivity (Wildman–Crippen MR) is 81.0 cm³/mol. The molecule has 0 spiro atoms. The number of nitrogens with one attached hydrogen (secondary N) is 1. The van der Waals surface area contributed by atoms with Crippen LogP contribution in [-0.4, -0.2) is 4.98 Å². The number of benzene rings is 1. The van der Waals surface area contributed by atoms with Gasteiger partial charge in [0.05, 0.1) is 10.7 Å². The lowest BCUT2D eigenvalue weighted by molar-refractivity contribution is 0.487. The van der Waals surface area contributed by atoms with Crippen molar-refractivity contribution < 1.29 is 0 Å². The minimum Gasteiger partial charge on any atom is -0.302 e. The van der Waals surface area contributed by atoms with Gasteiger partial charge in [0.2, 0.25) is 0 Å². The Morgan fingerprint density at radius 3 is 2.39 bits per heavy atom. The number of hydrogen-bond acceptors (Lipinski definition) is 3. The van der Waals surface area contributed by atoms with Gasteiger partial charge in [-0.3, -0.25) is 0 Å². The van der Waals surface area contributed by atoms with Gasteiger partial charge in [-0.2, -0.15) is 0 Å². The molecule has 1 aromatic heterocycles. The second kappa shape index (κ2) is 5.95. The Labute approximate surface area is 121 Å². The van der Waals surface area contributed by atoms with E-state index >= 15 is 0 Å². The molecule has 2 rings (SSSR count). The molecule has 18 heavy (non-hydrogen) atoms. The second-order valence-corrected chi connectivity index (χ2v) is 6.43. The van der Waals surface area contributed by atoms with Gasteiger partial charge in [0.25, 0.3) is 0 Å². The van der Waals surface area contributed by atoms with Crippen molar-refractivity contribution in [1.82, 2.24) is 10.3 Å². The summed E-state index contributed by atoms with van der Waals surface area (Å²) in [7, 11) is 0. The van der Waals surface area contributed by atoms with Gasteiger partial charge in [0.15, 0.2) is 0 Å². The maximum absolute atomic E-state index is 4.52. The standard InChI is InChI=1S/C14H17BrN2S/c1-9(12-4-6-13(15)7-5-12)16-10(2)14-8-18-11(3)17-14/h4-10,16H,1-3H3/t9-,10?/m1/s1. The smallest absolute Gasteiger partial charge is 0.0898 e.